The number of fused-ring (bicyclic) bond motifs is 1. The van der Waals surface area contributed by atoms with Crippen molar-refractivity contribution in [1.82, 2.24) is 0 Å². The summed E-state index contributed by atoms with van der Waals surface area (Å²) in [6.45, 7) is 2.23. The molecule has 0 bridgehead atoms. The van der Waals surface area contributed by atoms with Gasteiger partial charge in [-0.05, 0) is 63.4 Å². The molecule has 0 N–H and O–H groups in total. The van der Waals surface area contributed by atoms with E-state index < -0.39 is 20.8 Å². The molecular weight excluding hydrogens is 438 g/mol. The van der Waals surface area contributed by atoms with Crippen LogP contribution in [-0.4, -0.2) is 0 Å². The van der Waals surface area contributed by atoms with Gasteiger partial charge >= 0.3 is 37.9 Å². The van der Waals surface area contributed by atoms with Crippen LogP contribution in [0.25, 0.3) is 28.0 Å². The molecular formula is C23H19Cl2Zr. The van der Waals surface area contributed by atoms with Gasteiger partial charge in [0.25, 0.3) is 0 Å². The van der Waals surface area contributed by atoms with Gasteiger partial charge in [-0.2, -0.15) is 0 Å². The molecule has 0 saturated heterocycles. The molecule has 5 rings (SSSR count). The summed E-state index contributed by atoms with van der Waals surface area (Å²) in [5, 5.41) is 2.92. The van der Waals surface area contributed by atoms with Gasteiger partial charge in [0.15, 0.2) is 0 Å². The number of hydrogen-bond acceptors (Lipinski definition) is 0. The van der Waals surface area contributed by atoms with E-state index in [1.165, 1.54) is 62.6 Å². The summed E-state index contributed by atoms with van der Waals surface area (Å²) in [5.41, 5.74) is 9.97. The van der Waals surface area contributed by atoms with Crippen LogP contribution in [0.1, 0.15) is 35.6 Å². The third-order valence-electron chi connectivity index (χ3n) is 5.39. The first-order chi connectivity index (χ1) is 12.8. The maximum absolute atomic E-state index is 4.93. The van der Waals surface area contributed by atoms with Crippen LogP contribution in [0.5, 0.6) is 0 Å². The third kappa shape index (κ3) is 3.24. The first-order valence-electron chi connectivity index (χ1n) is 8.95. The van der Waals surface area contributed by atoms with E-state index in [1.807, 2.05) is 0 Å². The molecule has 26 heavy (non-hydrogen) atoms. The fraction of sp³-hybridized carbons (Fsp3) is 0.174. The predicted molar refractivity (Wildman–Crippen MR) is 110 cm³/mol. The Labute approximate surface area is 173 Å². The van der Waals surface area contributed by atoms with Crippen molar-refractivity contribution in [2.75, 3.05) is 0 Å². The van der Waals surface area contributed by atoms with Gasteiger partial charge in [0.1, 0.15) is 0 Å². The molecule has 0 fully saturated rings. The first kappa shape index (κ1) is 18.5. The number of hydrogen-bond donors (Lipinski definition) is 0. The minimum atomic E-state index is -0.826. The Balaban J connectivity index is 0.000000527. The number of benzene rings is 3. The van der Waals surface area contributed by atoms with Gasteiger partial charge in [0.05, 0.1) is 0 Å². The molecule has 0 amide bonds. The topological polar surface area (TPSA) is 0 Å². The summed E-state index contributed by atoms with van der Waals surface area (Å²) in [6.07, 6.45) is 8.18. The number of allylic oxidation sites excluding steroid dienone is 1. The summed E-state index contributed by atoms with van der Waals surface area (Å²) < 4.78 is 0. The predicted octanol–water partition coefficient (Wildman–Crippen LogP) is 7.34. The van der Waals surface area contributed by atoms with Gasteiger partial charge in [-0.1, -0.05) is 67.1 Å². The molecule has 0 atom stereocenters. The van der Waals surface area contributed by atoms with E-state index in [1.54, 1.807) is 0 Å². The zero-order valence-electron chi connectivity index (χ0n) is 14.7. The van der Waals surface area contributed by atoms with E-state index in [2.05, 4.69) is 68.0 Å². The summed E-state index contributed by atoms with van der Waals surface area (Å²) >= 11 is -0.826. The molecule has 0 nitrogen and oxygen atoms in total. The van der Waals surface area contributed by atoms with Crippen LogP contribution in [0, 0.1) is 6.42 Å². The van der Waals surface area contributed by atoms with E-state index in [9.17, 15) is 0 Å². The van der Waals surface area contributed by atoms with Crippen LogP contribution in [-0.2, 0) is 33.7 Å². The normalized spacial score (nSPS) is 13.9. The molecule has 3 heteroatoms. The van der Waals surface area contributed by atoms with Crippen molar-refractivity contribution in [1.29, 1.82) is 0 Å². The molecule has 3 aromatic carbocycles. The number of rotatable bonds is 2. The standard InChI is InChI=1S/C23H19.2ClH.Zr/c1-2-15-13-18-6-4-7-19(22(18)14-15)20-12-11-17-10-9-16-5-3-8-21(20)23(16)17;;;/h3-8,11-14H,2,9-10H2,1H3;2*1H;/q;;;+2/p-2. The molecule has 2 aliphatic carbocycles. The molecule has 0 heterocycles. The molecule has 0 unspecified atom stereocenters. The zero-order valence-corrected chi connectivity index (χ0v) is 18.6. The average Bonchev–Trinajstić information content (AvgIpc) is 3.28. The molecule has 0 spiro atoms. The quantitative estimate of drug-likeness (QED) is 0.378. The van der Waals surface area contributed by atoms with Gasteiger partial charge in [-0.25, -0.2) is 0 Å². The van der Waals surface area contributed by atoms with E-state index in [4.69, 9.17) is 17.0 Å². The first-order valence-corrected chi connectivity index (χ1v) is 15.3. The number of halogens is 2. The molecule has 2 aliphatic rings. The fourth-order valence-electron chi connectivity index (χ4n) is 4.22. The van der Waals surface area contributed by atoms with Gasteiger partial charge in [0, 0.05) is 6.42 Å². The summed E-state index contributed by atoms with van der Waals surface area (Å²) in [7, 11) is 9.87. The Morgan fingerprint density at radius 2 is 1.62 bits per heavy atom. The van der Waals surface area contributed by atoms with Crippen LogP contribution < -0.4 is 0 Å². The maximum atomic E-state index is 4.93. The van der Waals surface area contributed by atoms with Crippen molar-refractivity contribution in [2.45, 2.75) is 26.2 Å². The molecule has 0 aromatic heterocycles. The summed E-state index contributed by atoms with van der Waals surface area (Å²) in [6, 6.07) is 18.2. The SMILES string of the molecule is CCC1=Cc2c(cccc2-c2ccc3c4c(cccc24)CC3)[CH]1.[Cl][Zr][Cl]. The Kier molecular flexibility index (Phi) is 5.70. The molecule has 3 aromatic rings. The number of aryl methyl sites for hydroxylation is 2. The molecule has 1 radical (unpaired) electrons. The van der Waals surface area contributed by atoms with Crippen LogP contribution in [0.15, 0.2) is 54.1 Å². The minimum absolute atomic E-state index is 0.826. The zero-order chi connectivity index (χ0) is 18.1. The van der Waals surface area contributed by atoms with Crippen LogP contribution >= 0.6 is 17.0 Å². The van der Waals surface area contributed by atoms with Crippen molar-refractivity contribution in [3.8, 4) is 11.1 Å². The molecule has 0 saturated carbocycles. The fourth-order valence-corrected chi connectivity index (χ4v) is 4.22. The van der Waals surface area contributed by atoms with Crippen LogP contribution in [0.4, 0.5) is 0 Å². The van der Waals surface area contributed by atoms with Crippen molar-refractivity contribution >= 4 is 33.9 Å². The second kappa shape index (κ2) is 8.01. The molecule has 0 aliphatic heterocycles. The summed E-state index contributed by atoms with van der Waals surface area (Å²) in [4.78, 5) is 0. The van der Waals surface area contributed by atoms with Gasteiger partial charge < -0.3 is 0 Å². The Hall–Kier alpha value is -0.877. The Bertz CT molecular complexity index is 994. The second-order valence-corrected chi connectivity index (χ2v) is 10.4. The van der Waals surface area contributed by atoms with E-state index in [0.717, 1.165) is 6.42 Å². The van der Waals surface area contributed by atoms with E-state index in [0.29, 0.717) is 0 Å². The summed E-state index contributed by atoms with van der Waals surface area (Å²) in [5.74, 6) is 0. The van der Waals surface area contributed by atoms with Crippen molar-refractivity contribution in [3.05, 3.63) is 82.8 Å². The van der Waals surface area contributed by atoms with Crippen molar-refractivity contribution < 1.29 is 20.8 Å². The van der Waals surface area contributed by atoms with Crippen molar-refractivity contribution in [2.24, 2.45) is 0 Å². The van der Waals surface area contributed by atoms with Crippen LogP contribution in [0.3, 0.4) is 0 Å². The molecule has 129 valence electrons. The van der Waals surface area contributed by atoms with Gasteiger partial charge in [0.2, 0.25) is 0 Å². The van der Waals surface area contributed by atoms with E-state index >= 15 is 0 Å². The van der Waals surface area contributed by atoms with Crippen LogP contribution in [0.2, 0.25) is 0 Å². The Morgan fingerprint density at radius 1 is 0.885 bits per heavy atom. The average molecular weight is 458 g/mol. The third-order valence-corrected chi connectivity index (χ3v) is 5.39. The van der Waals surface area contributed by atoms with Gasteiger partial charge in [-0.3, -0.25) is 0 Å². The van der Waals surface area contributed by atoms with E-state index in [-0.39, 0.29) is 0 Å². The van der Waals surface area contributed by atoms with Gasteiger partial charge in [-0.15, -0.1) is 0 Å². The van der Waals surface area contributed by atoms with Crippen molar-refractivity contribution in [3.63, 3.8) is 0 Å². The monoisotopic (exact) mass is 455 g/mol. The second-order valence-electron chi connectivity index (χ2n) is 6.71. The Morgan fingerprint density at radius 3 is 2.38 bits per heavy atom.